The van der Waals surface area contributed by atoms with Crippen LogP contribution in [0.1, 0.15) is 24.8 Å². The highest BCUT2D eigenvalue weighted by atomic mass is 127. The molecule has 1 aromatic carbocycles. The van der Waals surface area contributed by atoms with E-state index in [1.165, 1.54) is 24.8 Å². The number of nitrogens with zero attached hydrogens (tertiary/aromatic N) is 1. The third kappa shape index (κ3) is 5.99. The largest absolute Gasteiger partial charge is 0.370 e. The number of hydrogen-bond acceptors (Lipinski definition) is 1. The lowest BCUT2D eigenvalue weighted by Crippen LogP contribution is -2.34. The molecular weight excluding hydrogens is 373 g/mol. The second-order valence-electron chi connectivity index (χ2n) is 4.83. The number of hydrogen-bond donors (Lipinski definition) is 2. The SMILES string of the molecule is I.NC(=NCC1CCC1)NCCc1cccc(Cl)c1. The Bertz CT molecular complexity index is 419. The van der Waals surface area contributed by atoms with E-state index < -0.39 is 0 Å². The van der Waals surface area contributed by atoms with E-state index in [-0.39, 0.29) is 24.0 Å². The molecule has 0 saturated heterocycles. The van der Waals surface area contributed by atoms with Gasteiger partial charge in [-0.25, -0.2) is 0 Å². The third-order valence-corrected chi connectivity index (χ3v) is 3.59. The summed E-state index contributed by atoms with van der Waals surface area (Å²) in [7, 11) is 0. The number of aliphatic imine (C=N–C) groups is 1. The predicted molar refractivity (Wildman–Crippen MR) is 92.4 cm³/mol. The van der Waals surface area contributed by atoms with Crippen molar-refractivity contribution in [2.75, 3.05) is 13.1 Å². The van der Waals surface area contributed by atoms with E-state index in [1.54, 1.807) is 0 Å². The maximum absolute atomic E-state index is 5.92. The fourth-order valence-corrected chi connectivity index (χ4v) is 2.20. The summed E-state index contributed by atoms with van der Waals surface area (Å²) in [5, 5.41) is 3.92. The molecule has 1 aromatic rings. The minimum atomic E-state index is 0. The van der Waals surface area contributed by atoms with Crippen LogP contribution in [-0.2, 0) is 6.42 Å². The molecule has 3 nitrogen and oxygen atoms in total. The molecule has 0 atom stereocenters. The maximum atomic E-state index is 5.92. The molecule has 1 saturated carbocycles. The Balaban J connectivity index is 0.00000180. The first kappa shape index (κ1) is 16.6. The average Bonchev–Trinajstić information content (AvgIpc) is 2.27. The zero-order valence-corrected chi connectivity index (χ0v) is 14.0. The average molecular weight is 394 g/mol. The standard InChI is InChI=1S/C14H20ClN3.HI/c15-13-6-2-3-11(9-13)7-8-17-14(16)18-10-12-4-1-5-12;/h2-3,6,9,12H,1,4-5,7-8,10H2,(H3,16,17,18);1H. The first-order chi connectivity index (χ1) is 8.74. The van der Waals surface area contributed by atoms with Gasteiger partial charge in [0, 0.05) is 18.1 Å². The van der Waals surface area contributed by atoms with Gasteiger partial charge in [-0.05, 0) is 42.9 Å². The summed E-state index contributed by atoms with van der Waals surface area (Å²) in [5.74, 6) is 1.32. The fourth-order valence-electron chi connectivity index (χ4n) is 1.99. The van der Waals surface area contributed by atoms with Gasteiger partial charge in [0.1, 0.15) is 0 Å². The van der Waals surface area contributed by atoms with Crippen LogP contribution in [-0.4, -0.2) is 19.0 Å². The number of nitrogens with two attached hydrogens (primary N) is 1. The van der Waals surface area contributed by atoms with Crippen LogP contribution in [0.2, 0.25) is 5.02 Å². The predicted octanol–water partition coefficient (Wildman–Crippen LogP) is 3.20. The summed E-state index contributed by atoms with van der Waals surface area (Å²) in [4.78, 5) is 4.35. The number of benzene rings is 1. The van der Waals surface area contributed by atoms with Crippen molar-refractivity contribution in [3.63, 3.8) is 0 Å². The molecule has 106 valence electrons. The van der Waals surface area contributed by atoms with E-state index in [4.69, 9.17) is 17.3 Å². The summed E-state index contributed by atoms with van der Waals surface area (Å²) < 4.78 is 0. The van der Waals surface area contributed by atoms with Crippen molar-refractivity contribution in [2.24, 2.45) is 16.6 Å². The molecule has 0 radical (unpaired) electrons. The quantitative estimate of drug-likeness (QED) is 0.458. The van der Waals surface area contributed by atoms with Crippen LogP contribution in [0.5, 0.6) is 0 Å². The molecule has 0 heterocycles. The lowest BCUT2D eigenvalue weighted by molar-refractivity contribution is 0.326. The van der Waals surface area contributed by atoms with Gasteiger partial charge in [-0.2, -0.15) is 0 Å². The zero-order chi connectivity index (χ0) is 12.8. The van der Waals surface area contributed by atoms with Crippen molar-refractivity contribution in [3.05, 3.63) is 34.9 Å². The van der Waals surface area contributed by atoms with Gasteiger partial charge in [-0.1, -0.05) is 30.2 Å². The second-order valence-corrected chi connectivity index (χ2v) is 5.27. The van der Waals surface area contributed by atoms with Gasteiger partial charge >= 0.3 is 0 Å². The topological polar surface area (TPSA) is 50.4 Å². The maximum Gasteiger partial charge on any atom is 0.188 e. The molecule has 19 heavy (non-hydrogen) atoms. The monoisotopic (exact) mass is 393 g/mol. The van der Waals surface area contributed by atoms with Crippen LogP contribution < -0.4 is 11.1 Å². The number of halogens is 2. The third-order valence-electron chi connectivity index (χ3n) is 3.35. The second kappa shape index (κ2) is 8.64. The Morgan fingerprint density at radius 2 is 2.21 bits per heavy atom. The van der Waals surface area contributed by atoms with E-state index in [0.717, 1.165) is 30.5 Å². The van der Waals surface area contributed by atoms with Gasteiger partial charge in [-0.3, -0.25) is 4.99 Å². The van der Waals surface area contributed by atoms with Gasteiger partial charge in [-0.15, -0.1) is 24.0 Å². The van der Waals surface area contributed by atoms with Crippen molar-refractivity contribution in [2.45, 2.75) is 25.7 Å². The van der Waals surface area contributed by atoms with Crippen LogP contribution in [0.3, 0.4) is 0 Å². The molecule has 0 amide bonds. The molecule has 0 bridgehead atoms. The summed E-state index contributed by atoms with van der Waals surface area (Å²) >= 11 is 5.92. The van der Waals surface area contributed by atoms with Gasteiger partial charge in [0.2, 0.25) is 0 Å². The van der Waals surface area contributed by atoms with E-state index in [0.29, 0.717) is 5.96 Å². The highest BCUT2D eigenvalue weighted by molar-refractivity contribution is 14.0. The zero-order valence-electron chi connectivity index (χ0n) is 10.9. The summed E-state index contributed by atoms with van der Waals surface area (Å²) in [6, 6.07) is 7.89. The molecule has 1 aliphatic rings. The molecule has 2 rings (SSSR count). The first-order valence-electron chi connectivity index (χ1n) is 6.52. The van der Waals surface area contributed by atoms with Crippen molar-refractivity contribution in [3.8, 4) is 0 Å². The number of rotatable bonds is 5. The van der Waals surface area contributed by atoms with Crippen LogP contribution in [0.25, 0.3) is 0 Å². The summed E-state index contributed by atoms with van der Waals surface area (Å²) in [5.41, 5.74) is 7.02. The molecule has 1 aliphatic carbocycles. The van der Waals surface area contributed by atoms with Crippen LogP contribution in [0, 0.1) is 5.92 Å². The normalized spacial score (nSPS) is 15.5. The Kier molecular flexibility index (Phi) is 7.53. The van der Waals surface area contributed by atoms with E-state index >= 15 is 0 Å². The van der Waals surface area contributed by atoms with Crippen LogP contribution >= 0.6 is 35.6 Å². The number of guanidine groups is 1. The first-order valence-corrected chi connectivity index (χ1v) is 6.90. The molecule has 3 N–H and O–H groups in total. The molecule has 0 unspecified atom stereocenters. The molecule has 0 aromatic heterocycles. The van der Waals surface area contributed by atoms with Gasteiger partial charge in [0.05, 0.1) is 0 Å². The molecule has 0 spiro atoms. The van der Waals surface area contributed by atoms with E-state index in [9.17, 15) is 0 Å². The Hall–Kier alpha value is -0.490. The summed E-state index contributed by atoms with van der Waals surface area (Å²) in [6.07, 6.45) is 4.86. The lowest BCUT2D eigenvalue weighted by Gasteiger charge is -2.23. The number of nitrogens with one attached hydrogen (secondary N) is 1. The highest BCUT2D eigenvalue weighted by Crippen LogP contribution is 2.26. The van der Waals surface area contributed by atoms with Gasteiger partial charge < -0.3 is 11.1 Å². The smallest absolute Gasteiger partial charge is 0.188 e. The van der Waals surface area contributed by atoms with Gasteiger partial charge in [0.25, 0.3) is 0 Å². The molecule has 0 aliphatic heterocycles. The minimum absolute atomic E-state index is 0. The molecule has 1 fully saturated rings. The van der Waals surface area contributed by atoms with Gasteiger partial charge in [0.15, 0.2) is 5.96 Å². The van der Waals surface area contributed by atoms with Crippen molar-refractivity contribution in [1.29, 1.82) is 0 Å². The summed E-state index contributed by atoms with van der Waals surface area (Å²) in [6.45, 7) is 1.66. The lowest BCUT2D eigenvalue weighted by atomic mass is 9.86. The van der Waals surface area contributed by atoms with Crippen molar-refractivity contribution >= 4 is 41.5 Å². The Morgan fingerprint density at radius 1 is 1.42 bits per heavy atom. The van der Waals surface area contributed by atoms with E-state index in [2.05, 4.69) is 16.4 Å². The fraction of sp³-hybridized carbons (Fsp3) is 0.500. The van der Waals surface area contributed by atoms with Crippen LogP contribution in [0.4, 0.5) is 0 Å². The Labute approximate surface area is 137 Å². The van der Waals surface area contributed by atoms with E-state index in [1.807, 2.05) is 18.2 Å². The molecule has 5 heteroatoms. The van der Waals surface area contributed by atoms with Crippen molar-refractivity contribution < 1.29 is 0 Å². The minimum Gasteiger partial charge on any atom is -0.370 e. The molecular formula is C14H21ClIN3. The van der Waals surface area contributed by atoms with Crippen molar-refractivity contribution in [1.82, 2.24) is 5.32 Å². The highest BCUT2D eigenvalue weighted by Gasteiger charge is 2.16. The van der Waals surface area contributed by atoms with Crippen LogP contribution in [0.15, 0.2) is 29.3 Å². The Morgan fingerprint density at radius 3 is 2.84 bits per heavy atom.